The monoisotopic (exact) mass is 561 g/mol. The smallest absolute Gasteiger partial charge is 0.308 e. The van der Waals surface area contributed by atoms with Crippen LogP contribution in [0.1, 0.15) is 31.4 Å². The quantitative estimate of drug-likeness (QED) is 0.265. The molecule has 0 atom stereocenters. The van der Waals surface area contributed by atoms with E-state index >= 15 is 0 Å². The summed E-state index contributed by atoms with van der Waals surface area (Å²) in [5.41, 5.74) is 11.6. The fourth-order valence-electron chi connectivity index (χ4n) is 5.59. The first-order valence-corrected chi connectivity index (χ1v) is 14.0. The van der Waals surface area contributed by atoms with Gasteiger partial charge >= 0.3 is 5.97 Å². The fraction of sp³-hybridized carbons (Fsp3) is 0.250. The van der Waals surface area contributed by atoms with Crippen LogP contribution in [-0.4, -0.2) is 43.5 Å². The molecule has 3 N–H and O–H groups in total. The van der Waals surface area contributed by atoms with E-state index in [2.05, 4.69) is 10.3 Å². The van der Waals surface area contributed by atoms with Crippen molar-refractivity contribution in [3.05, 3.63) is 78.6 Å². The number of esters is 1. The zero-order valence-corrected chi connectivity index (χ0v) is 23.4. The first-order valence-electron chi connectivity index (χ1n) is 14.0. The van der Waals surface area contributed by atoms with E-state index in [9.17, 15) is 9.59 Å². The molecule has 6 rings (SSSR count). The van der Waals surface area contributed by atoms with Gasteiger partial charge in [-0.3, -0.25) is 14.2 Å². The summed E-state index contributed by atoms with van der Waals surface area (Å²) in [5.74, 6) is 0.802. The molecule has 10 nitrogen and oxygen atoms in total. The zero-order chi connectivity index (χ0) is 29.2. The molecule has 1 amide bonds. The maximum Gasteiger partial charge on any atom is 0.308 e. The van der Waals surface area contributed by atoms with Gasteiger partial charge in [-0.05, 0) is 69.0 Å². The number of rotatable bonds is 6. The number of anilines is 2. The fourth-order valence-corrected chi connectivity index (χ4v) is 5.59. The second-order valence-corrected chi connectivity index (χ2v) is 10.5. The number of carbonyl (C=O) groups excluding carboxylic acids is 2. The second-order valence-electron chi connectivity index (χ2n) is 10.5. The van der Waals surface area contributed by atoms with Gasteiger partial charge in [0.1, 0.15) is 17.2 Å². The number of nitrogens with one attached hydrogen (secondary N) is 1. The van der Waals surface area contributed by atoms with Gasteiger partial charge in [0.2, 0.25) is 5.91 Å². The molecular weight excluding hydrogens is 530 g/mol. The average Bonchev–Trinajstić information content (AvgIpc) is 3.39. The van der Waals surface area contributed by atoms with Crippen LogP contribution in [0.3, 0.4) is 0 Å². The number of nitrogens with zero attached hydrogens (tertiary/aromatic N) is 5. The molecule has 0 bridgehead atoms. The van der Waals surface area contributed by atoms with Crippen molar-refractivity contribution < 1.29 is 14.3 Å². The van der Waals surface area contributed by atoms with Crippen molar-refractivity contribution in [1.82, 2.24) is 24.5 Å². The Labute approximate surface area is 243 Å². The van der Waals surface area contributed by atoms with Crippen LogP contribution in [0.2, 0.25) is 0 Å². The number of pyridine rings is 3. The Hall–Kier alpha value is -5.12. The van der Waals surface area contributed by atoms with E-state index in [1.165, 1.54) is 7.11 Å². The van der Waals surface area contributed by atoms with Crippen molar-refractivity contribution >= 4 is 34.7 Å². The molecule has 4 heterocycles. The van der Waals surface area contributed by atoms with Crippen molar-refractivity contribution in [2.24, 2.45) is 11.8 Å². The standard InChI is InChI=1S/C32H31N7O3/c1-19-26(16-17-27(35-19)38-31(40)21-10-12-22(13-11-21)32(41)42-2)39-29(23-9-6-18-34-28(23)33)37-25-15-14-24(36-30(25)39)20-7-4-3-5-8-20/h3-9,14-18,21-22H,10-13H2,1-2H3,(H2,33,34)(H,35,38,40). The number of aryl methyl sites for hydroxylation is 1. The SMILES string of the molecule is COC(=O)C1CCC(C(=O)Nc2ccc(-n3c(-c4cccnc4N)nc4ccc(-c5ccccc5)nc43)c(C)n2)CC1. The Morgan fingerprint density at radius 3 is 2.38 bits per heavy atom. The Kier molecular flexibility index (Phi) is 7.35. The van der Waals surface area contributed by atoms with Crippen LogP contribution in [0, 0.1) is 18.8 Å². The number of hydrogen-bond donors (Lipinski definition) is 2. The Bertz CT molecular complexity index is 1780. The molecule has 1 aliphatic carbocycles. The molecule has 1 saturated carbocycles. The number of fused-ring (bicyclic) bond motifs is 1. The number of ether oxygens (including phenoxy) is 1. The predicted octanol–water partition coefficient (Wildman–Crippen LogP) is 5.35. The third kappa shape index (κ3) is 5.18. The Morgan fingerprint density at radius 2 is 1.67 bits per heavy atom. The molecule has 0 unspecified atom stereocenters. The molecule has 4 aromatic heterocycles. The van der Waals surface area contributed by atoms with Gasteiger partial charge < -0.3 is 15.8 Å². The van der Waals surface area contributed by atoms with Gasteiger partial charge in [-0.15, -0.1) is 0 Å². The topological polar surface area (TPSA) is 138 Å². The summed E-state index contributed by atoms with van der Waals surface area (Å²) in [5, 5.41) is 2.97. The van der Waals surface area contributed by atoms with Crippen molar-refractivity contribution in [3.63, 3.8) is 0 Å². The lowest BCUT2D eigenvalue weighted by Gasteiger charge is -2.26. The van der Waals surface area contributed by atoms with E-state index in [-0.39, 0.29) is 23.7 Å². The number of carbonyl (C=O) groups is 2. The van der Waals surface area contributed by atoms with E-state index in [1.807, 2.05) is 72.2 Å². The number of amides is 1. The molecule has 1 aromatic carbocycles. The number of benzene rings is 1. The summed E-state index contributed by atoms with van der Waals surface area (Å²) in [6.07, 6.45) is 4.19. The second kappa shape index (κ2) is 11.4. The summed E-state index contributed by atoms with van der Waals surface area (Å²) < 4.78 is 6.81. The first-order chi connectivity index (χ1) is 20.4. The van der Waals surface area contributed by atoms with E-state index < -0.39 is 0 Å². The number of hydrogen-bond acceptors (Lipinski definition) is 8. The summed E-state index contributed by atoms with van der Waals surface area (Å²) >= 11 is 0. The van der Waals surface area contributed by atoms with Crippen LogP contribution >= 0.6 is 0 Å². The van der Waals surface area contributed by atoms with Crippen molar-refractivity contribution in [3.8, 4) is 28.3 Å². The third-order valence-corrected chi connectivity index (χ3v) is 7.84. The highest BCUT2D eigenvalue weighted by atomic mass is 16.5. The lowest BCUT2D eigenvalue weighted by Crippen LogP contribution is -2.30. The third-order valence-electron chi connectivity index (χ3n) is 7.84. The van der Waals surface area contributed by atoms with E-state index in [1.54, 1.807) is 12.3 Å². The lowest BCUT2D eigenvalue weighted by atomic mass is 9.81. The molecule has 0 saturated heterocycles. The van der Waals surface area contributed by atoms with Gasteiger partial charge in [0.05, 0.1) is 35.7 Å². The maximum atomic E-state index is 13.0. The maximum absolute atomic E-state index is 13.0. The molecule has 1 fully saturated rings. The highest BCUT2D eigenvalue weighted by Gasteiger charge is 2.30. The van der Waals surface area contributed by atoms with Crippen LogP contribution in [0.25, 0.3) is 39.5 Å². The zero-order valence-electron chi connectivity index (χ0n) is 23.4. The molecular formula is C32H31N7O3. The van der Waals surface area contributed by atoms with Crippen LogP contribution in [0.5, 0.6) is 0 Å². The minimum atomic E-state index is -0.202. The number of nitrogen functional groups attached to an aromatic ring is 1. The van der Waals surface area contributed by atoms with Crippen LogP contribution in [0.15, 0.2) is 72.9 Å². The van der Waals surface area contributed by atoms with Crippen molar-refractivity contribution in [2.75, 3.05) is 18.2 Å². The number of nitrogens with two attached hydrogens (primary N) is 1. The predicted molar refractivity (Wildman–Crippen MR) is 161 cm³/mol. The minimum Gasteiger partial charge on any atom is -0.469 e. The molecule has 1 aliphatic rings. The average molecular weight is 562 g/mol. The van der Waals surface area contributed by atoms with Crippen LogP contribution < -0.4 is 11.1 Å². The molecule has 0 spiro atoms. The lowest BCUT2D eigenvalue weighted by molar-refractivity contribution is -0.147. The van der Waals surface area contributed by atoms with E-state index in [0.29, 0.717) is 65.6 Å². The Morgan fingerprint density at radius 1 is 0.905 bits per heavy atom. The molecule has 5 aromatic rings. The summed E-state index contributed by atoms with van der Waals surface area (Å²) in [6, 6.07) is 21.2. The normalized spacial score (nSPS) is 16.7. The molecule has 42 heavy (non-hydrogen) atoms. The molecule has 0 radical (unpaired) electrons. The van der Waals surface area contributed by atoms with Gasteiger partial charge in [0, 0.05) is 17.7 Å². The number of aromatic nitrogens is 5. The molecule has 0 aliphatic heterocycles. The van der Waals surface area contributed by atoms with Crippen LogP contribution in [-0.2, 0) is 14.3 Å². The van der Waals surface area contributed by atoms with E-state index in [4.69, 9.17) is 25.4 Å². The minimum absolute atomic E-state index is 0.0935. The molecule has 10 heteroatoms. The van der Waals surface area contributed by atoms with Crippen molar-refractivity contribution in [1.29, 1.82) is 0 Å². The highest BCUT2D eigenvalue weighted by molar-refractivity contribution is 5.92. The Balaban J connectivity index is 1.35. The van der Waals surface area contributed by atoms with E-state index in [0.717, 1.165) is 16.9 Å². The highest BCUT2D eigenvalue weighted by Crippen LogP contribution is 2.33. The summed E-state index contributed by atoms with van der Waals surface area (Å²) in [7, 11) is 1.40. The van der Waals surface area contributed by atoms with Gasteiger partial charge in [0.15, 0.2) is 11.5 Å². The number of imidazole rings is 1. The van der Waals surface area contributed by atoms with Crippen LogP contribution in [0.4, 0.5) is 11.6 Å². The molecule has 212 valence electrons. The summed E-state index contributed by atoms with van der Waals surface area (Å²) in [6.45, 7) is 1.88. The van der Waals surface area contributed by atoms with Gasteiger partial charge in [-0.1, -0.05) is 30.3 Å². The van der Waals surface area contributed by atoms with Gasteiger partial charge in [-0.2, -0.15) is 0 Å². The summed E-state index contributed by atoms with van der Waals surface area (Å²) in [4.78, 5) is 43.8. The first kappa shape index (κ1) is 27.1. The van der Waals surface area contributed by atoms with Gasteiger partial charge in [-0.25, -0.2) is 19.9 Å². The largest absolute Gasteiger partial charge is 0.469 e. The number of methoxy groups -OCH3 is 1. The van der Waals surface area contributed by atoms with Crippen molar-refractivity contribution in [2.45, 2.75) is 32.6 Å². The van der Waals surface area contributed by atoms with Gasteiger partial charge in [0.25, 0.3) is 0 Å².